The second-order valence-corrected chi connectivity index (χ2v) is 7.17. The van der Waals surface area contributed by atoms with E-state index in [2.05, 4.69) is 31.2 Å². The van der Waals surface area contributed by atoms with E-state index in [1.807, 2.05) is 38.2 Å². The molecule has 146 valence electrons. The van der Waals surface area contributed by atoms with Crippen LogP contribution < -0.4 is 15.0 Å². The number of hydrogen-bond acceptors (Lipinski definition) is 6. The number of benzene rings is 1. The number of anilines is 3. The molecule has 1 aromatic carbocycles. The van der Waals surface area contributed by atoms with Crippen molar-refractivity contribution < 1.29 is 4.74 Å². The van der Waals surface area contributed by atoms with Crippen LogP contribution in [-0.2, 0) is 0 Å². The monoisotopic (exact) mass is 378 g/mol. The van der Waals surface area contributed by atoms with Gasteiger partial charge in [-0.05, 0) is 45.2 Å². The molecule has 1 aliphatic rings. The first kappa shape index (κ1) is 18.3. The summed E-state index contributed by atoms with van der Waals surface area (Å²) >= 11 is 0. The van der Waals surface area contributed by atoms with Crippen LogP contribution in [0.15, 0.2) is 30.5 Å². The molecular weight excluding hydrogens is 352 g/mol. The van der Waals surface area contributed by atoms with E-state index in [0.717, 1.165) is 53.1 Å². The van der Waals surface area contributed by atoms with Gasteiger partial charge in [0.25, 0.3) is 0 Å². The van der Waals surface area contributed by atoms with E-state index < -0.39 is 0 Å². The number of imidazole rings is 1. The average molecular weight is 378 g/mol. The zero-order chi connectivity index (χ0) is 19.5. The molecule has 1 fully saturated rings. The molecule has 1 aliphatic heterocycles. The predicted molar refractivity (Wildman–Crippen MR) is 111 cm³/mol. The maximum absolute atomic E-state index is 5.58. The Morgan fingerprint density at radius 1 is 1.00 bits per heavy atom. The fraction of sp³-hybridized carbons (Fsp3) is 0.381. The van der Waals surface area contributed by atoms with Gasteiger partial charge in [-0.15, -0.1) is 0 Å². The third kappa shape index (κ3) is 3.93. The molecule has 4 rings (SSSR count). The van der Waals surface area contributed by atoms with E-state index in [1.54, 1.807) is 7.11 Å². The van der Waals surface area contributed by atoms with Crippen LogP contribution in [0.4, 0.5) is 17.5 Å². The molecule has 7 nitrogen and oxygen atoms in total. The van der Waals surface area contributed by atoms with E-state index in [4.69, 9.17) is 9.72 Å². The van der Waals surface area contributed by atoms with Crippen molar-refractivity contribution in [3.63, 3.8) is 0 Å². The van der Waals surface area contributed by atoms with Crippen LogP contribution in [0.3, 0.4) is 0 Å². The van der Waals surface area contributed by atoms with E-state index in [9.17, 15) is 0 Å². The largest absolute Gasteiger partial charge is 0.496 e. The smallest absolute Gasteiger partial charge is 0.229 e. The fourth-order valence-electron chi connectivity index (χ4n) is 3.54. The van der Waals surface area contributed by atoms with Gasteiger partial charge in [0.05, 0.1) is 18.4 Å². The van der Waals surface area contributed by atoms with Crippen LogP contribution in [-0.4, -0.2) is 40.1 Å². The number of methoxy groups -OCH3 is 1. The molecule has 1 saturated heterocycles. The number of rotatable bonds is 5. The zero-order valence-electron chi connectivity index (χ0n) is 16.6. The summed E-state index contributed by atoms with van der Waals surface area (Å²) in [5.74, 6) is 3.12. The molecule has 0 saturated carbocycles. The summed E-state index contributed by atoms with van der Waals surface area (Å²) in [6, 6.07) is 7.97. The molecule has 0 atom stereocenters. The van der Waals surface area contributed by atoms with Crippen molar-refractivity contribution >= 4 is 17.5 Å². The van der Waals surface area contributed by atoms with Gasteiger partial charge in [-0.3, -0.25) is 0 Å². The summed E-state index contributed by atoms with van der Waals surface area (Å²) in [4.78, 5) is 19.3. The van der Waals surface area contributed by atoms with E-state index in [1.165, 1.54) is 19.3 Å². The number of aryl methyl sites for hydroxylation is 2. The van der Waals surface area contributed by atoms with Crippen LogP contribution in [0.25, 0.3) is 11.4 Å². The van der Waals surface area contributed by atoms with Crippen molar-refractivity contribution in [2.75, 3.05) is 30.4 Å². The summed E-state index contributed by atoms with van der Waals surface area (Å²) in [7, 11) is 1.66. The highest BCUT2D eigenvalue weighted by atomic mass is 16.5. The van der Waals surface area contributed by atoms with Crippen LogP contribution in [0.2, 0.25) is 0 Å². The molecular formula is C21H26N6O. The number of aromatic amines is 1. The standard InChI is InChI=1S/C21H26N6O/c1-14-11-19(27-9-5-4-6-10-27)26-21(24-14)25-16-7-8-17(18(12-16)28-3)20-22-13-15(2)23-20/h7-8,11-13H,4-6,9-10H2,1-3H3,(H,22,23)(H,24,25,26). The van der Waals surface area contributed by atoms with Crippen molar-refractivity contribution in [3.05, 3.63) is 41.9 Å². The lowest BCUT2D eigenvalue weighted by Gasteiger charge is -2.28. The normalized spacial score (nSPS) is 14.2. The van der Waals surface area contributed by atoms with E-state index in [0.29, 0.717) is 5.95 Å². The Balaban J connectivity index is 1.59. The maximum atomic E-state index is 5.58. The first-order valence-electron chi connectivity index (χ1n) is 9.70. The Hall–Kier alpha value is -3.09. The molecule has 0 bridgehead atoms. The summed E-state index contributed by atoms with van der Waals surface area (Å²) in [5.41, 5.74) is 3.68. The summed E-state index contributed by atoms with van der Waals surface area (Å²) in [6.45, 7) is 6.07. The Morgan fingerprint density at radius 2 is 1.82 bits per heavy atom. The molecule has 0 unspecified atom stereocenters. The molecule has 0 spiro atoms. The van der Waals surface area contributed by atoms with E-state index >= 15 is 0 Å². The lowest BCUT2D eigenvalue weighted by atomic mass is 10.1. The van der Waals surface area contributed by atoms with Crippen molar-refractivity contribution in [3.8, 4) is 17.1 Å². The lowest BCUT2D eigenvalue weighted by Crippen LogP contribution is -2.30. The molecule has 3 heterocycles. The highest BCUT2D eigenvalue weighted by molar-refractivity contribution is 5.70. The summed E-state index contributed by atoms with van der Waals surface area (Å²) in [6.07, 6.45) is 5.62. The summed E-state index contributed by atoms with van der Waals surface area (Å²) in [5, 5.41) is 3.32. The van der Waals surface area contributed by atoms with Crippen molar-refractivity contribution in [2.24, 2.45) is 0 Å². The van der Waals surface area contributed by atoms with Crippen LogP contribution in [0, 0.1) is 13.8 Å². The molecule has 3 aromatic rings. The number of aromatic nitrogens is 4. The molecule has 2 aromatic heterocycles. The third-order valence-electron chi connectivity index (χ3n) is 4.94. The zero-order valence-corrected chi connectivity index (χ0v) is 16.6. The Kier molecular flexibility index (Phi) is 5.14. The van der Waals surface area contributed by atoms with Gasteiger partial charge in [0.15, 0.2) is 0 Å². The van der Waals surface area contributed by atoms with Gasteiger partial charge in [-0.2, -0.15) is 4.98 Å². The van der Waals surface area contributed by atoms with Gasteiger partial charge in [-0.25, -0.2) is 9.97 Å². The average Bonchev–Trinajstić information content (AvgIpc) is 3.14. The minimum Gasteiger partial charge on any atom is -0.496 e. The van der Waals surface area contributed by atoms with Gasteiger partial charge >= 0.3 is 0 Å². The van der Waals surface area contributed by atoms with Crippen molar-refractivity contribution in [1.82, 2.24) is 19.9 Å². The first-order valence-corrected chi connectivity index (χ1v) is 9.70. The number of H-pyrrole nitrogens is 1. The van der Waals surface area contributed by atoms with Crippen LogP contribution >= 0.6 is 0 Å². The SMILES string of the molecule is COc1cc(Nc2nc(C)cc(N3CCCCC3)n2)ccc1-c1nc(C)c[nH]1. The topological polar surface area (TPSA) is 79.0 Å². The number of hydrogen-bond donors (Lipinski definition) is 2. The number of piperidine rings is 1. The van der Waals surface area contributed by atoms with Gasteiger partial charge in [-0.1, -0.05) is 0 Å². The molecule has 0 radical (unpaired) electrons. The van der Waals surface area contributed by atoms with Crippen LogP contribution in [0.5, 0.6) is 5.75 Å². The minimum atomic E-state index is 0.601. The molecule has 28 heavy (non-hydrogen) atoms. The quantitative estimate of drug-likeness (QED) is 0.692. The number of nitrogens with zero attached hydrogens (tertiary/aromatic N) is 4. The molecule has 0 aliphatic carbocycles. The van der Waals surface area contributed by atoms with Gasteiger partial charge in [0.1, 0.15) is 17.4 Å². The second-order valence-electron chi connectivity index (χ2n) is 7.17. The van der Waals surface area contributed by atoms with Gasteiger partial charge in [0.2, 0.25) is 5.95 Å². The first-order chi connectivity index (χ1) is 13.6. The lowest BCUT2D eigenvalue weighted by molar-refractivity contribution is 0.416. The van der Waals surface area contributed by atoms with Crippen molar-refractivity contribution in [2.45, 2.75) is 33.1 Å². The number of nitrogens with one attached hydrogen (secondary N) is 2. The van der Waals surface area contributed by atoms with Crippen LogP contribution in [0.1, 0.15) is 30.7 Å². The highest BCUT2D eigenvalue weighted by Gasteiger charge is 2.15. The summed E-state index contributed by atoms with van der Waals surface area (Å²) < 4.78 is 5.58. The van der Waals surface area contributed by atoms with E-state index in [-0.39, 0.29) is 0 Å². The molecule has 0 amide bonds. The Morgan fingerprint density at radius 3 is 2.54 bits per heavy atom. The highest BCUT2D eigenvalue weighted by Crippen LogP contribution is 2.31. The Bertz CT molecular complexity index is 961. The van der Waals surface area contributed by atoms with Gasteiger partial charge in [0, 0.05) is 42.8 Å². The molecule has 7 heteroatoms. The Labute approximate surface area is 165 Å². The van der Waals surface area contributed by atoms with Gasteiger partial charge < -0.3 is 19.9 Å². The second kappa shape index (κ2) is 7.88. The fourth-order valence-corrected chi connectivity index (χ4v) is 3.54. The molecule has 2 N–H and O–H groups in total. The van der Waals surface area contributed by atoms with Crippen molar-refractivity contribution in [1.29, 1.82) is 0 Å². The number of ether oxygens (including phenoxy) is 1. The maximum Gasteiger partial charge on any atom is 0.229 e. The third-order valence-corrected chi connectivity index (χ3v) is 4.94. The minimum absolute atomic E-state index is 0.601. The predicted octanol–water partition coefficient (Wildman–Crippen LogP) is 4.23.